The van der Waals surface area contributed by atoms with Crippen molar-refractivity contribution in [2.45, 2.75) is 12.2 Å². The molecule has 54 valence electrons. The molecule has 0 spiro atoms. The first-order chi connectivity index (χ1) is 4.84. The van der Waals surface area contributed by atoms with Crippen LogP contribution in [0.25, 0.3) is 0 Å². The summed E-state index contributed by atoms with van der Waals surface area (Å²) in [4.78, 5) is 0. The lowest BCUT2D eigenvalue weighted by molar-refractivity contribution is 0.906. The fourth-order valence-corrected chi connectivity index (χ4v) is 1.02. The van der Waals surface area contributed by atoms with Crippen molar-refractivity contribution >= 4 is 11.8 Å². The van der Waals surface area contributed by atoms with Gasteiger partial charge in [-0.15, -0.1) is 0 Å². The number of nitrogens with zero attached hydrogens (tertiary/aromatic N) is 2. The van der Waals surface area contributed by atoms with Gasteiger partial charge in [0.25, 0.3) is 0 Å². The first-order valence-electron chi connectivity index (χ1n) is 3.15. The van der Waals surface area contributed by atoms with Gasteiger partial charge in [0, 0.05) is 11.4 Å². The van der Waals surface area contributed by atoms with Crippen molar-refractivity contribution in [3.8, 4) is 0 Å². The quantitative estimate of drug-likeness (QED) is 0.650. The molecular weight excluding hydrogens is 144 g/mol. The Morgan fingerprint density at radius 2 is 2.40 bits per heavy atom. The Morgan fingerprint density at radius 3 is 2.90 bits per heavy atom. The SMILES string of the molecule is CSC(C)c1cccnn1. The summed E-state index contributed by atoms with van der Waals surface area (Å²) in [6, 6.07) is 3.91. The van der Waals surface area contributed by atoms with E-state index in [4.69, 9.17) is 0 Å². The molecule has 0 N–H and O–H groups in total. The Labute approximate surface area is 65.1 Å². The van der Waals surface area contributed by atoms with Crippen LogP contribution in [-0.2, 0) is 0 Å². The smallest absolute Gasteiger partial charge is 0.0758 e. The van der Waals surface area contributed by atoms with Gasteiger partial charge in [-0.3, -0.25) is 0 Å². The second kappa shape index (κ2) is 3.56. The van der Waals surface area contributed by atoms with E-state index in [1.165, 1.54) is 0 Å². The molecule has 2 nitrogen and oxygen atoms in total. The van der Waals surface area contributed by atoms with E-state index in [1.807, 2.05) is 12.1 Å². The maximum absolute atomic E-state index is 3.98. The molecule has 0 radical (unpaired) electrons. The molecule has 0 aromatic carbocycles. The second-order valence-electron chi connectivity index (χ2n) is 2.03. The molecule has 1 aromatic heterocycles. The van der Waals surface area contributed by atoms with E-state index in [0.29, 0.717) is 5.25 Å². The molecule has 0 bridgehead atoms. The van der Waals surface area contributed by atoms with E-state index in [-0.39, 0.29) is 0 Å². The molecule has 0 aliphatic rings. The molecule has 1 unspecified atom stereocenters. The summed E-state index contributed by atoms with van der Waals surface area (Å²) < 4.78 is 0. The minimum atomic E-state index is 0.452. The third-order valence-corrected chi connectivity index (χ3v) is 2.31. The average Bonchev–Trinajstić information content (AvgIpc) is 2.05. The zero-order valence-electron chi connectivity index (χ0n) is 6.11. The summed E-state index contributed by atoms with van der Waals surface area (Å²) in [5.41, 5.74) is 1.05. The molecule has 0 aliphatic heterocycles. The predicted molar refractivity (Wildman–Crippen MR) is 44.0 cm³/mol. The largest absolute Gasteiger partial charge is 0.159 e. The van der Waals surface area contributed by atoms with Crippen LogP contribution >= 0.6 is 11.8 Å². The lowest BCUT2D eigenvalue weighted by Crippen LogP contribution is -1.92. The molecule has 1 aromatic rings. The number of hydrogen-bond acceptors (Lipinski definition) is 3. The van der Waals surface area contributed by atoms with Crippen LogP contribution in [0, 0.1) is 0 Å². The summed E-state index contributed by atoms with van der Waals surface area (Å²) in [6.07, 6.45) is 3.76. The van der Waals surface area contributed by atoms with Crippen molar-refractivity contribution in [2.75, 3.05) is 6.26 Å². The van der Waals surface area contributed by atoms with Crippen LogP contribution in [0.4, 0.5) is 0 Å². The topological polar surface area (TPSA) is 25.8 Å². The van der Waals surface area contributed by atoms with Gasteiger partial charge in [0.15, 0.2) is 0 Å². The summed E-state index contributed by atoms with van der Waals surface area (Å²) in [5.74, 6) is 0. The number of hydrogen-bond donors (Lipinski definition) is 0. The van der Waals surface area contributed by atoms with E-state index < -0.39 is 0 Å². The van der Waals surface area contributed by atoms with Crippen molar-refractivity contribution in [2.24, 2.45) is 0 Å². The number of rotatable bonds is 2. The van der Waals surface area contributed by atoms with E-state index in [0.717, 1.165) is 5.69 Å². The summed E-state index contributed by atoms with van der Waals surface area (Å²) in [5, 5.41) is 8.22. The summed E-state index contributed by atoms with van der Waals surface area (Å²) in [6.45, 7) is 2.12. The molecule has 10 heavy (non-hydrogen) atoms. The van der Waals surface area contributed by atoms with Gasteiger partial charge in [-0.25, -0.2) is 0 Å². The van der Waals surface area contributed by atoms with E-state index >= 15 is 0 Å². The third-order valence-electron chi connectivity index (χ3n) is 1.36. The van der Waals surface area contributed by atoms with Crippen molar-refractivity contribution < 1.29 is 0 Å². The van der Waals surface area contributed by atoms with Crippen molar-refractivity contribution in [1.29, 1.82) is 0 Å². The second-order valence-corrected chi connectivity index (χ2v) is 3.20. The van der Waals surface area contributed by atoms with Gasteiger partial charge in [-0.1, -0.05) is 0 Å². The standard InChI is InChI=1S/C7H10N2S/c1-6(10-2)7-4-3-5-8-9-7/h3-6H,1-2H3. The van der Waals surface area contributed by atoms with Crippen LogP contribution in [0.5, 0.6) is 0 Å². The van der Waals surface area contributed by atoms with E-state index in [1.54, 1.807) is 18.0 Å². The molecule has 0 aliphatic carbocycles. The van der Waals surface area contributed by atoms with Crippen LogP contribution in [0.3, 0.4) is 0 Å². The lowest BCUT2D eigenvalue weighted by Gasteiger charge is -2.03. The number of thioether (sulfide) groups is 1. The molecule has 1 heterocycles. The normalized spacial score (nSPS) is 13.0. The maximum atomic E-state index is 3.98. The van der Waals surface area contributed by atoms with Gasteiger partial charge < -0.3 is 0 Å². The first-order valence-corrected chi connectivity index (χ1v) is 4.44. The van der Waals surface area contributed by atoms with Crippen molar-refractivity contribution in [1.82, 2.24) is 10.2 Å². The summed E-state index contributed by atoms with van der Waals surface area (Å²) in [7, 11) is 0. The molecule has 3 heteroatoms. The van der Waals surface area contributed by atoms with Crippen LogP contribution in [0.15, 0.2) is 18.3 Å². The maximum Gasteiger partial charge on any atom is 0.0758 e. The predicted octanol–water partition coefficient (Wildman–Crippen LogP) is 1.90. The molecule has 0 fully saturated rings. The zero-order chi connectivity index (χ0) is 7.40. The Kier molecular flexibility index (Phi) is 2.68. The van der Waals surface area contributed by atoms with Gasteiger partial charge >= 0.3 is 0 Å². The minimum absolute atomic E-state index is 0.452. The van der Waals surface area contributed by atoms with Gasteiger partial charge in [0.1, 0.15) is 0 Å². The Morgan fingerprint density at radius 1 is 1.60 bits per heavy atom. The van der Waals surface area contributed by atoms with Gasteiger partial charge in [0.2, 0.25) is 0 Å². The highest BCUT2D eigenvalue weighted by Gasteiger charge is 2.02. The fraction of sp³-hybridized carbons (Fsp3) is 0.429. The highest BCUT2D eigenvalue weighted by Crippen LogP contribution is 2.22. The van der Waals surface area contributed by atoms with Gasteiger partial charge in [-0.2, -0.15) is 22.0 Å². The fourth-order valence-electron chi connectivity index (χ4n) is 0.651. The molecule has 0 saturated heterocycles. The molecular formula is C7H10N2S. The summed E-state index contributed by atoms with van der Waals surface area (Å²) >= 11 is 1.78. The van der Waals surface area contributed by atoms with Crippen molar-refractivity contribution in [3.63, 3.8) is 0 Å². The minimum Gasteiger partial charge on any atom is -0.159 e. The number of aromatic nitrogens is 2. The Balaban J connectivity index is 2.75. The average molecular weight is 154 g/mol. The molecule has 1 atom stereocenters. The van der Waals surface area contributed by atoms with Crippen LogP contribution in [0.2, 0.25) is 0 Å². The van der Waals surface area contributed by atoms with Crippen molar-refractivity contribution in [3.05, 3.63) is 24.0 Å². The van der Waals surface area contributed by atoms with Crippen LogP contribution in [-0.4, -0.2) is 16.5 Å². The van der Waals surface area contributed by atoms with Crippen LogP contribution in [0.1, 0.15) is 17.9 Å². The first kappa shape index (κ1) is 7.54. The monoisotopic (exact) mass is 154 g/mol. The van der Waals surface area contributed by atoms with E-state index in [9.17, 15) is 0 Å². The Bertz CT molecular complexity index is 188. The highest BCUT2D eigenvalue weighted by atomic mass is 32.2. The zero-order valence-corrected chi connectivity index (χ0v) is 6.93. The molecule has 1 rings (SSSR count). The van der Waals surface area contributed by atoms with Gasteiger partial charge in [-0.05, 0) is 25.3 Å². The lowest BCUT2D eigenvalue weighted by atomic mass is 10.3. The van der Waals surface area contributed by atoms with Crippen LogP contribution < -0.4 is 0 Å². The molecule has 0 saturated carbocycles. The highest BCUT2D eigenvalue weighted by molar-refractivity contribution is 7.98. The molecule has 0 amide bonds. The Hall–Kier alpha value is -0.570. The van der Waals surface area contributed by atoms with E-state index in [2.05, 4.69) is 23.4 Å². The third kappa shape index (κ3) is 1.70. The van der Waals surface area contributed by atoms with Gasteiger partial charge in [0.05, 0.1) is 5.69 Å².